The first-order chi connectivity index (χ1) is 6.19. The second-order valence-electron chi connectivity index (χ2n) is 2.67. The maximum absolute atomic E-state index is 7.20. The molecule has 1 aromatic rings. The average Bonchev–Trinajstić information content (AvgIpc) is 2.09. The van der Waals surface area contributed by atoms with E-state index in [9.17, 15) is 0 Å². The second kappa shape index (κ2) is 4.23. The number of halogens is 1. The zero-order valence-electron chi connectivity index (χ0n) is 7.69. The summed E-state index contributed by atoms with van der Waals surface area (Å²) in [7, 11) is 0. The Morgan fingerprint density at radius 3 is 2.92 bits per heavy atom. The summed E-state index contributed by atoms with van der Waals surface area (Å²) in [6.07, 6.45) is 1.28. The van der Waals surface area contributed by atoms with Crippen LogP contribution in [0.4, 0.5) is 5.69 Å². The third kappa shape index (κ3) is 2.18. The van der Waals surface area contributed by atoms with Crippen LogP contribution < -0.4 is 5.32 Å². The molecule has 0 aliphatic carbocycles. The van der Waals surface area contributed by atoms with Crippen molar-refractivity contribution in [1.82, 2.24) is 4.98 Å². The van der Waals surface area contributed by atoms with Gasteiger partial charge in [0.2, 0.25) is 0 Å². The number of aromatic nitrogens is 1. The van der Waals surface area contributed by atoms with Gasteiger partial charge in [0.15, 0.2) is 0 Å². The molecule has 1 aromatic heterocycles. The molecule has 70 valence electrons. The number of rotatable bonds is 3. The van der Waals surface area contributed by atoms with Gasteiger partial charge in [0.25, 0.3) is 0 Å². The van der Waals surface area contributed by atoms with Crippen LogP contribution in [0.15, 0.2) is 6.07 Å². The molecular formula is C9H12ClN3. The van der Waals surface area contributed by atoms with Gasteiger partial charge in [-0.1, -0.05) is 11.6 Å². The van der Waals surface area contributed by atoms with Gasteiger partial charge in [0.1, 0.15) is 5.15 Å². The van der Waals surface area contributed by atoms with Crippen LogP contribution in [-0.2, 0) is 0 Å². The molecular weight excluding hydrogens is 186 g/mol. The zero-order chi connectivity index (χ0) is 9.84. The van der Waals surface area contributed by atoms with Crippen molar-refractivity contribution in [1.29, 1.82) is 5.41 Å². The minimum atomic E-state index is 0.428. The van der Waals surface area contributed by atoms with Gasteiger partial charge in [0, 0.05) is 18.3 Å². The van der Waals surface area contributed by atoms with Crippen molar-refractivity contribution >= 4 is 23.5 Å². The zero-order valence-corrected chi connectivity index (χ0v) is 8.44. The molecule has 2 N–H and O–H groups in total. The summed E-state index contributed by atoms with van der Waals surface area (Å²) in [5, 5.41) is 10.8. The van der Waals surface area contributed by atoms with E-state index < -0.39 is 0 Å². The topological polar surface area (TPSA) is 48.8 Å². The van der Waals surface area contributed by atoms with Crippen molar-refractivity contribution < 1.29 is 0 Å². The number of hydrogen-bond donors (Lipinski definition) is 2. The fourth-order valence-corrected chi connectivity index (χ4v) is 1.42. The van der Waals surface area contributed by atoms with Gasteiger partial charge >= 0.3 is 0 Å². The quantitative estimate of drug-likeness (QED) is 0.578. The van der Waals surface area contributed by atoms with Gasteiger partial charge in [-0.05, 0) is 19.9 Å². The molecule has 0 aliphatic rings. The molecule has 0 aromatic carbocycles. The first-order valence-electron chi connectivity index (χ1n) is 4.10. The standard InChI is InChI=1S/C9H12ClN3/c1-3-12-9-6(2)13-8(10)4-7(9)5-11/h4-5,11-12H,3H2,1-2H3. The van der Waals surface area contributed by atoms with E-state index >= 15 is 0 Å². The van der Waals surface area contributed by atoms with Crippen molar-refractivity contribution in [3.8, 4) is 0 Å². The molecule has 1 rings (SSSR count). The summed E-state index contributed by atoms with van der Waals surface area (Å²) in [6, 6.07) is 1.68. The Bertz CT molecular complexity index is 323. The lowest BCUT2D eigenvalue weighted by atomic mass is 10.2. The van der Waals surface area contributed by atoms with Gasteiger partial charge in [-0.15, -0.1) is 0 Å². The first-order valence-corrected chi connectivity index (χ1v) is 4.48. The van der Waals surface area contributed by atoms with Crippen LogP contribution in [0.25, 0.3) is 0 Å². The number of hydrogen-bond acceptors (Lipinski definition) is 3. The summed E-state index contributed by atoms with van der Waals surface area (Å²) in [5.41, 5.74) is 2.49. The van der Waals surface area contributed by atoms with Gasteiger partial charge in [-0.3, -0.25) is 0 Å². The second-order valence-corrected chi connectivity index (χ2v) is 3.06. The number of pyridine rings is 1. The van der Waals surface area contributed by atoms with E-state index in [1.54, 1.807) is 6.07 Å². The van der Waals surface area contributed by atoms with Crippen molar-refractivity contribution in [2.45, 2.75) is 13.8 Å². The Kier molecular flexibility index (Phi) is 3.25. The van der Waals surface area contributed by atoms with E-state index in [-0.39, 0.29) is 0 Å². The maximum atomic E-state index is 7.20. The average molecular weight is 198 g/mol. The largest absolute Gasteiger partial charge is 0.383 e. The lowest BCUT2D eigenvalue weighted by Crippen LogP contribution is -2.04. The summed E-state index contributed by atoms with van der Waals surface area (Å²) < 4.78 is 0. The Morgan fingerprint density at radius 2 is 2.38 bits per heavy atom. The Morgan fingerprint density at radius 1 is 1.69 bits per heavy atom. The molecule has 1 heterocycles. The minimum Gasteiger partial charge on any atom is -0.383 e. The molecule has 13 heavy (non-hydrogen) atoms. The molecule has 0 radical (unpaired) electrons. The van der Waals surface area contributed by atoms with Crippen LogP contribution in [0.3, 0.4) is 0 Å². The molecule has 0 bridgehead atoms. The minimum absolute atomic E-state index is 0.428. The molecule has 0 unspecified atom stereocenters. The van der Waals surface area contributed by atoms with Crippen LogP contribution in [-0.4, -0.2) is 17.7 Å². The van der Waals surface area contributed by atoms with Crippen molar-refractivity contribution in [3.05, 3.63) is 22.5 Å². The van der Waals surface area contributed by atoms with E-state index in [1.807, 2.05) is 13.8 Å². The molecule has 3 nitrogen and oxygen atoms in total. The van der Waals surface area contributed by atoms with E-state index in [0.717, 1.165) is 23.5 Å². The third-order valence-electron chi connectivity index (χ3n) is 1.71. The smallest absolute Gasteiger partial charge is 0.130 e. The summed E-state index contributed by atoms with van der Waals surface area (Å²) >= 11 is 5.76. The highest BCUT2D eigenvalue weighted by molar-refractivity contribution is 6.29. The number of anilines is 1. The predicted octanol–water partition coefficient (Wildman–Crippen LogP) is 2.47. The third-order valence-corrected chi connectivity index (χ3v) is 1.90. The van der Waals surface area contributed by atoms with E-state index in [1.165, 1.54) is 6.21 Å². The lowest BCUT2D eigenvalue weighted by molar-refractivity contribution is 1.14. The number of nitrogens with zero attached hydrogens (tertiary/aromatic N) is 1. The highest BCUT2D eigenvalue weighted by Crippen LogP contribution is 2.20. The number of aryl methyl sites for hydroxylation is 1. The van der Waals surface area contributed by atoms with Crippen molar-refractivity contribution in [2.24, 2.45) is 0 Å². The van der Waals surface area contributed by atoms with E-state index in [4.69, 9.17) is 17.0 Å². The molecule has 0 spiro atoms. The fourth-order valence-electron chi connectivity index (χ4n) is 1.18. The Balaban J connectivity index is 3.21. The summed E-state index contributed by atoms with van der Waals surface area (Å²) in [5.74, 6) is 0. The molecule has 0 fully saturated rings. The Labute approximate surface area is 82.6 Å². The van der Waals surface area contributed by atoms with Crippen LogP contribution in [0, 0.1) is 12.3 Å². The first kappa shape index (κ1) is 9.99. The normalized spacial score (nSPS) is 9.77. The van der Waals surface area contributed by atoms with Gasteiger partial charge in [-0.25, -0.2) is 4.98 Å². The predicted molar refractivity (Wildman–Crippen MR) is 56.0 cm³/mol. The van der Waals surface area contributed by atoms with Crippen molar-refractivity contribution in [2.75, 3.05) is 11.9 Å². The van der Waals surface area contributed by atoms with E-state index in [0.29, 0.717) is 5.15 Å². The van der Waals surface area contributed by atoms with Crippen LogP contribution in [0.1, 0.15) is 18.2 Å². The molecule has 0 saturated carbocycles. The fraction of sp³-hybridized carbons (Fsp3) is 0.333. The monoisotopic (exact) mass is 197 g/mol. The highest BCUT2D eigenvalue weighted by atomic mass is 35.5. The van der Waals surface area contributed by atoms with Gasteiger partial charge < -0.3 is 10.7 Å². The highest BCUT2D eigenvalue weighted by Gasteiger charge is 2.05. The molecule has 0 amide bonds. The summed E-state index contributed by atoms with van der Waals surface area (Å²) in [4.78, 5) is 4.10. The van der Waals surface area contributed by atoms with Gasteiger partial charge in [0.05, 0.1) is 11.4 Å². The molecule has 0 aliphatic heterocycles. The molecule has 0 saturated heterocycles. The lowest BCUT2D eigenvalue weighted by Gasteiger charge is -2.10. The SMILES string of the molecule is CCNc1c(C=N)cc(Cl)nc1C. The van der Waals surface area contributed by atoms with Crippen LogP contribution in [0.5, 0.6) is 0 Å². The maximum Gasteiger partial charge on any atom is 0.130 e. The van der Waals surface area contributed by atoms with E-state index in [2.05, 4.69) is 10.3 Å². The van der Waals surface area contributed by atoms with Crippen molar-refractivity contribution in [3.63, 3.8) is 0 Å². The Hall–Kier alpha value is -1.09. The van der Waals surface area contributed by atoms with Crippen LogP contribution >= 0.6 is 11.6 Å². The number of nitrogens with one attached hydrogen (secondary N) is 2. The molecule has 4 heteroatoms. The van der Waals surface area contributed by atoms with Gasteiger partial charge in [-0.2, -0.15) is 0 Å². The summed E-state index contributed by atoms with van der Waals surface area (Å²) in [6.45, 7) is 4.68. The van der Waals surface area contributed by atoms with Crippen LogP contribution in [0.2, 0.25) is 5.15 Å². The molecule has 0 atom stereocenters.